The van der Waals surface area contributed by atoms with Gasteiger partial charge in [-0.1, -0.05) is 0 Å². The molecule has 0 aliphatic carbocycles. The van der Waals surface area contributed by atoms with Crippen molar-refractivity contribution in [3.05, 3.63) is 46.6 Å². The Morgan fingerprint density at radius 2 is 1.04 bits per heavy atom. The second-order valence-electron chi connectivity index (χ2n) is 6.04. The summed E-state index contributed by atoms with van der Waals surface area (Å²) in [5, 5.41) is 0. The molecule has 6 heteroatoms. The molecule has 0 aromatic heterocycles. The molecule has 1 aromatic rings. The molecule has 0 atom stereocenters. The van der Waals surface area contributed by atoms with E-state index in [1.54, 1.807) is 39.8 Å². The highest BCUT2D eigenvalue weighted by Crippen LogP contribution is 2.35. The molecular formula is C18H16N2O4. The average molecular weight is 324 g/mol. The van der Waals surface area contributed by atoms with E-state index in [4.69, 9.17) is 0 Å². The quantitative estimate of drug-likeness (QED) is 0.779. The van der Waals surface area contributed by atoms with Crippen LogP contribution in [0.1, 0.15) is 25.0 Å². The number of aryl methyl sites for hydroxylation is 1. The lowest BCUT2D eigenvalue weighted by Crippen LogP contribution is -2.34. The molecule has 0 fully saturated rings. The third-order valence-corrected chi connectivity index (χ3v) is 4.18. The summed E-state index contributed by atoms with van der Waals surface area (Å²) in [7, 11) is 0. The Balaban J connectivity index is 2.14. The second-order valence-corrected chi connectivity index (χ2v) is 6.04. The molecular weight excluding hydrogens is 308 g/mol. The topological polar surface area (TPSA) is 74.8 Å². The van der Waals surface area contributed by atoms with Crippen molar-refractivity contribution in [1.82, 2.24) is 0 Å². The predicted octanol–water partition coefficient (Wildman–Crippen LogP) is 1.94. The van der Waals surface area contributed by atoms with E-state index < -0.39 is 23.6 Å². The Labute approximate surface area is 139 Å². The Hall–Kier alpha value is -3.02. The van der Waals surface area contributed by atoms with Crippen LogP contribution in [0.3, 0.4) is 0 Å². The van der Waals surface area contributed by atoms with Crippen LogP contribution in [0.5, 0.6) is 0 Å². The van der Waals surface area contributed by atoms with E-state index in [1.807, 2.05) is 0 Å². The van der Waals surface area contributed by atoms with Crippen LogP contribution in [0.2, 0.25) is 0 Å². The molecule has 2 aliphatic rings. The SMILES string of the molecule is CC1=CC(=O)N(c2cc(C)cc(N3C(=O)C=C(C)C3=O)c2C)C1=O. The number of benzene rings is 1. The largest absolute Gasteiger partial charge is 0.269 e. The van der Waals surface area contributed by atoms with Crippen molar-refractivity contribution in [2.24, 2.45) is 0 Å². The Kier molecular flexibility index (Phi) is 3.48. The van der Waals surface area contributed by atoms with Gasteiger partial charge in [-0.25, -0.2) is 9.80 Å². The summed E-state index contributed by atoms with van der Waals surface area (Å²) < 4.78 is 0. The fourth-order valence-corrected chi connectivity index (χ4v) is 2.92. The Morgan fingerprint density at radius 3 is 1.33 bits per heavy atom. The van der Waals surface area contributed by atoms with Gasteiger partial charge in [0, 0.05) is 23.3 Å². The molecule has 24 heavy (non-hydrogen) atoms. The van der Waals surface area contributed by atoms with Crippen LogP contribution in [0.4, 0.5) is 11.4 Å². The van der Waals surface area contributed by atoms with E-state index in [0.29, 0.717) is 28.1 Å². The molecule has 122 valence electrons. The summed E-state index contributed by atoms with van der Waals surface area (Å²) >= 11 is 0. The molecule has 1 aromatic carbocycles. The van der Waals surface area contributed by atoms with Crippen LogP contribution in [-0.4, -0.2) is 23.6 Å². The Morgan fingerprint density at radius 1 is 0.667 bits per heavy atom. The first-order valence-electron chi connectivity index (χ1n) is 7.47. The lowest BCUT2D eigenvalue weighted by molar-refractivity contribution is -0.121. The molecule has 0 N–H and O–H groups in total. The van der Waals surface area contributed by atoms with Gasteiger partial charge in [-0.3, -0.25) is 19.2 Å². The minimum Gasteiger partial charge on any atom is -0.269 e. The van der Waals surface area contributed by atoms with Crippen LogP contribution in [0.15, 0.2) is 35.4 Å². The predicted molar refractivity (Wildman–Crippen MR) is 88.4 cm³/mol. The van der Waals surface area contributed by atoms with Crippen molar-refractivity contribution < 1.29 is 19.2 Å². The van der Waals surface area contributed by atoms with Crippen molar-refractivity contribution >= 4 is 35.0 Å². The number of nitrogens with zero attached hydrogens (tertiary/aromatic N) is 2. The van der Waals surface area contributed by atoms with E-state index in [0.717, 1.165) is 15.4 Å². The minimum atomic E-state index is -0.425. The van der Waals surface area contributed by atoms with E-state index in [1.165, 1.54) is 12.2 Å². The van der Waals surface area contributed by atoms with Crippen molar-refractivity contribution in [1.29, 1.82) is 0 Å². The minimum absolute atomic E-state index is 0.355. The van der Waals surface area contributed by atoms with Gasteiger partial charge >= 0.3 is 0 Å². The van der Waals surface area contributed by atoms with Gasteiger partial charge < -0.3 is 0 Å². The van der Waals surface area contributed by atoms with E-state index in [2.05, 4.69) is 0 Å². The zero-order valence-corrected chi connectivity index (χ0v) is 13.8. The highest BCUT2D eigenvalue weighted by atomic mass is 16.2. The summed E-state index contributed by atoms with van der Waals surface area (Å²) in [6.45, 7) is 6.62. The summed E-state index contributed by atoms with van der Waals surface area (Å²) in [4.78, 5) is 51.0. The normalized spacial score (nSPS) is 17.8. The molecule has 2 heterocycles. The van der Waals surface area contributed by atoms with Crippen LogP contribution >= 0.6 is 0 Å². The van der Waals surface area contributed by atoms with Crippen LogP contribution in [0.25, 0.3) is 0 Å². The molecule has 3 rings (SSSR count). The van der Waals surface area contributed by atoms with Gasteiger partial charge in [0.2, 0.25) is 0 Å². The number of hydrogen-bond donors (Lipinski definition) is 0. The van der Waals surface area contributed by atoms with Crippen molar-refractivity contribution in [2.45, 2.75) is 27.7 Å². The Bertz CT molecular complexity index is 823. The molecule has 0 bridgehead atoms. The van der Waals surface area contributed by atoms with Gasteiger partial charge in [0.05, 0.1) is 11.4 Å². The second kappa shape index (κ2) is 5.26. The van der Waals surface area contributed by atoms with E-state index >= 15 is 0 Å². The first kappa shape index (κ1) is 15.9. The molecule has 2 aliphatic heterocycles. The lowest BCUT2D eigenvalue weighted by atomic mass is 10.1. The van der Waals surface area contributed by atoms with E-state index in [-0.39, 0.29) is 0 Å². The number of carbonyl (C=O) groups is 4. The third-order valence-electron chi connectivity index (χ3n) is 4.18. The summed E-state index contributed by atoms with van der Waals surface area (Å²) in [6, 6.07) is 3.40. The number of hydrogen-bond acceptors (Lipinski definition) is 4. The van der Waals surface area contributed by atoms with Crippen molar-refractivity contribution in [3.8, 4) is 0 Å². The van der Waals surface area contributed by atoms with Gasteiger partial charge in [0.25, 0.3) is 23.6 Å². The number of anilines is 2. The van der Waals surface area contributed by atoms with E-state index in [9.17, 15) is 19.2 Å². The van der Waals surface area contributed by atoms with Crippen LogP contribution in [0, 0.1) is 13.8 Å². The first-order valence-corrected chi connectivity index (χ1v) is 7.47. The molecule has 4 amide bonds. The van der Waals surface area contributed by atoms with Crippen molar-refractivity contribution in [2.75, 3.05) is 9.80 Å². The number of imide groups is 2. The third kappa shape index (κ3) is 2.19. The molecule has 0 spiro atoms. The number of carbonyl (C=O) groups excluding carboxylic acids is 4. The molecule has 0 radical (unpaired) electrons. The zero-order chi connectivity index (χ0) is 17.8. The average Bonchev–Trinajstić information content (AvgIpc) is 2.89. The van der Waals surface area contributed by atoms with Gasteiger partial charge in [-0.15, -0.1) is 0 Å². The lowest BCUT2D eigenvalue weighted by Gasteiger charge is -2.24. The molecule has 0 unspecified atom stereocenters. The van der Waals surface area contributed by atoms with Gasteiger partial charge in [-0.05, 0) is 51.0 Å². The summed E-state index contributed by atoms with van der Waals surface area (Å²) in [5.41, 5.74) is 2.74. The maximum absolute atomic E-state index is 12.3. The standard InChI is InChI=1S/C18H16N2O4/c1-9-5-13(19-15(21)7-10(2)17(19)23)12(4)14(6-9)20-16(22)8-11(3)18(20)24/h5-8H,1-4H3. The maximum atomic E-state index is 12.3. The number of amides is 4. The smallest absolute Gasteiger partial charge is 0.261 e. The fourth-order valence-electron chi connectivity index (χ4n) is 2.92. The number of rotatable bonds is 2. The first-order chi connectivity index (χ1) is 11.2. The highest BCUT2D eigenvalue weighted by molar-refractivity contribution is 6.32. The molecule has 6 nitrogen and oxygen atoms in total. The summed E-state index contributed by atoms with van der Waals surface area (Å²) in [6.07, 6.45) is 2.56. The molecule has 0 saturated carbocycles. The van der Waals surface area contributed by atoms with Crippen LogP contribution in [-0.2, 0) is 19.2 Å². The van der Waals surface area contributed by atoms with Gasteiger partial charge in [-0.2, -0.15) is 0 Å². The maximum Gasteiger partial charge on any atom is 0.261 e. The van der Waals surface area contributed by atoms with Gasteiger partial charge in [0.15, 0.2) is 0 Å². The van der Waals surface area contributed by atoms with Crippen LogP contribution < -0.4 is 9.80 Å². The highest BCUT2D eigenvalue weighted by Gasteiger charge is 2.35. The summed E-state index contributed by atoms with van der Waals surface area (Å²) in [5.74, 6) is -1.64. The van der Waals surface area contributed by atoms with Gasteiger partial charge in [0.1, 0.15) is 0 Å². The monoisotopic (exact) mass is 324 g/mol. The van der Waals surface area contributed by atoms with Crippen molar-refractivity contribution in [3.63, 3.8) is 0 Å². The fraction of sp³-hybridized carbons (Fsp3) is 0.222. The zero-order valence-electron chi connectivity index (χ0n) is 13.8. The molecule has 0 saturated heterocycles.